The van der Waals surface area contributed by atoms with Crippen LogP contribution in [-0.4, -0.2) is 71.7 Å². The Hall–Kier alpha value is -2.41. The molecular formula is C20H27N5O2. The number of piperazine rings is 1. The van der Waals surface area contributed by atoms with E-state index in [2.05, 4.69) is 26.0 Å². The first-order valence-corrected chi connectivity index (χ1v) is 9.83. The molecule has 0 bridgehead atoms. The molecule has 2 saturated heterocycles. The molecule has 2 aromatic heterocycles. The first-order valence-electron chi connectivity index (χ1n) is 9.83. The van der Waals surface area contributed by atoms with Gasteiger partial charge < -0.3 is 14.3 Å². The van der Waals surface area contributed by atoms with Crippen molar-refractivity contribution in [3.05, 3.63) is 42.4 Å². The Morgan fingerprint density at radius 2 is 2.04 bits per heavy atom. The molecule has 0 N–H and O–H groups in total. The normalized spacial score (nSPS) is 21.4. The molecule has 2 fully saturated rings. The molecule has 1 atom stereocenters. The van der Waals surface area contributed by atoms with Crippen LogP contribution in [0, 0.1) is 5.92 Å². The highest BCUT2D eigenvalue weighted by Crippen LogP contribution is 2.20. The van der Waals surface area contributed by atoms with E-state index in [0.717, 1.165) is 58.1 Å². The summed E-state index contributed by atoms with van der Waals surface area (Å²) in [4.78, 5) is 23.9. The van der Waals surface area contributed by atoms with Crippen LogP contribution in [0.4, 0.5) is 5.82 Å². The van der Waals surface area contributed by atoms with Crippen molar-refractivity contribution in [1.29, 1.82) is 0 Å². The monoisotopic (exact) mass is 369 g/mol. The summed E-state index contributed by atoms with van der Waals surface area (Å²) in [5.74, 6) is 1.79. The lowest BCUT2D eigenvalue weighted by Crippen LogP contribution is -2.50. The van der Waals surface area contributed by atoms with E-state index in [1.54, 1.807) is 6.07 Å². The number of piperidine rings is 1. The molecule has 27 heavy (non-hydrogen) atoms. The maximum atomic E-state index is 12.5. The van der Waals surface area contributed by atoms with Crippen molar-refractivity contribution in [2.45, 2.75) is 19.3 Å². The molecule has 4 rings (SSSR count). The summed E-state index contributed by atoms with van der Waals surface area (Å²) < 4.78 is 4.83. The summed E-state index contributed by atoms with van der Waals surface area (Å²) in [6.07, 6.45) is 6.00. The van der Waals surface area contributed by atoms with Crippen LogP contribution in [0.3, 0.4) is 0 Å². The standard InChI is InChI=1S/C20H27N5O2/c26-20(14-18-6-13-27-22-18)25-8-3-4-17(16-25)15-23-9-11-24(12-10-23)19-5-1-2-7-21-19/h1-2,5-7,13,17H,3-4,8-12,14-16H2. The third kappa shape index (κ3) is 4.66. The van der Waals surface area contributed by atoms with Gasteiger partial charge in [-0.2, -0.15) is 0 Å². The number of hydrogen-bond donors (Lipinski definition) is 0. The SMILES string of the molecule is O=C(Cc1ccon1)N1CCCC(CN2CCN(c3ccccn3)CC2)C1. The van der Waals surface area contributed by atoms with E-state index < -0.39 is 0 Å². The molecule has 0 saturated carbocycles. The fourth-order valence-electron chi connectivity index (χ4n) is 4.10. The molecular weight excluding hydrogens is 342 g/mol. The Kier molecular flexibility index (Phi) is 5.67. The number of rotatable bonds is 5. The highest BCUT2D eigenvalue weighted by molar-refractivity contribution is 5.78. The summed E-state index contributed by atoms with van der Waals surface area (Å²) in [6.45, 7) is 6.93. The van der Waals surface area contributed by atoms with Crippen molar-refractivity contribution in [1.82, 2.24) is 19.9 Å². The Labute approximate surface area is 159 Å². The molecule has 2 aliphatic heterocycles. The molecule has 0 aliphatic carbocycles. The first kappa shape index (κ1) is 18.0. The van der Waals surface area contributed by atoms with Gasteiger partial charge in [-0.1, -0.05) is 11.2 Å². The van der Waals surface area contributed by atoms with Gasteiger partial charge in [0.2, 0.25) is 5.91 Å². The number of nitrogens with zero attached hydrogens (tertiary/aromatic N) is 5. The van der Waals surface area contributed by atoms with E-state index in [4.69, 9.17) is 4.52 Å². The third-order valence-corrected chi connectivity index (χ3v) is 5.56. The van der Waals surface area contributed by atoms with Crippen molar-refractivity contribution >= 4 is 11.7 Å². The zero-order valence-corrected chi connectivity index (χ0v) is 15.7. The number of aromatic nitrogens is 2. The smallest absolute Gasteiger partial charge is 0.228 e. The highest BCUT2D eigenvalue weighted by atomic mass is 16.5. The van der Waals surface area contributed by atoms with Gasteiger partial charge in [0.1, 0.15) is 12.1 Å². The van der Waals surface area contributed by atoms with Crippen LogP contribution in [0.2, 0.25) is 0 Å². The molecule has 0 radical (unpaired) electrons. The van der Waals surface area contributed by atoms with Gasteiger partial charge in [-0.3, -0.25) is 9.69 Å². The quantitative estimate of drug-likeness (QED) is 0.799. The van der Waals surface area contributed by atoms with Crippen molar-refractivity contribution in [3.63, 3.8) is 0 Å². The molecule has 0 aromatic carbocycles. The predicted octanol–water partition coefficient (Wildman–Crippen LogP) is 1.67. The summed E-state index contributed by atoms with van der Waals surface area (Å²) in [5, 5.41) is 3.86. The molecule has 7 heteroatoms. The van der Waals surface area contributed by atoms with E-state index >= 15 is 0 Å². The van der Waals surface area contributed by atoms with Gasteiger partial charge in [0.15, 0.2) is 0 Å². The van der Waals surface area contributed by atoms with Gasteiger partial charge in [-0.05, 0) is 30.9 Å². The molecule has 1 amide bonds. The minimum atomic E-state index is 0.161. The first-order chi connectivity index (χ1) is 13.3. The number of amides is 1. The Balaban J connectivity index is 1.24. The lowest BCUT2D eigenvalue weighted by molar-refractivity contribution is -0.132. The van der Waals surface area contributed by atoms with E-state index in [-0.39, 0.29) is 5.91 Å². The van der Waals surface area contributed by atoms with Crippen molar-refractivity contribution in [3.8, 4) is 0 Å². The topological polar surface area (TPSA) is 65.7 Å². The summed E-state index contributed by atoms with van der Waals surface area (Å²) in [6, 6.07) is 7.84. The highest BCUT2D eigenvalue weighted by Gasteiger charge is 2.27. The van der Waals surface area contributed by atoms with E-state index in [1.807, 2.05) is 23.2 Å². The fraction of sp³-hybridized carbons (Fsp3) is 0.550. The van der Waals surface area contributed by atoms with E-state index in [1.165, 1.54) is 12.7 Å². The third-order valence-electron chi connectivity index (χ3n) is 5.56. The molecule has 2 aliphatic rings. The zero-order chi connectivity index (χ0) is 18.5. The van der Waals surface area contributed by atoms with Crippen molar-refractivity contribution < 1.29 is 9.32 Å². The average Bonchev–Trinajstić information content (AvgIpc) is 3.22. The number of pyridine rings is 1. The van der Waals surface area contributed by atoms with Gasteiger partial charge >= 0.3 is 0 Å². The average molecular weight is 369 g/mol. The summed E-state index contributed by atoms with van der Waals surface area (Å²) in [7, 11) is 0. The van der Waals surface area contributed by atoms with Crippen LogP contribution < -0.4 is 4.90 Å². The van der Waals surface area contributed by atoms with Crippen LogP contribution in [-0.2, 0) is 11.2 Å². The van der Waals surface area contributed by atoms with E-state index in [0.29, 0.717) is 18.0 Å². The van der Waals surface area contributed by atoms with Crippen LogP contribution in [0.25, 0.3) is 0 Å². The second-order valence-corrected chi connectivity index (χ2v) is 7.49. The second-order valence-electron chi connectivity index (χ2n) is 7.49. The number of carbonyl (C=O) groups excluding carboxylic acids is 1. The molecule has 4 heterocycles. The zero-order valence-electron chi connectivity index (χ0n) is 15.7. The number of likely N-dealkylation sites (tertiary alicyclic amines) is 1. The Bertz CT molecular complexity index is 713. The molecule has 144 valence electrons. The maximum absolute atomic E-state index is 12.5. The Morgan fingerprint density at radius 3 is 2.78 bits per heavy atom. The van der Waals surface area contributed by atoms with Crippen LogP contribution >= 0.6 is 0 Å². The molecule has 1 unspecified atom stereocenters. The molecule has 2 aromatic rings. The Morgan fingerprint density at radius 1 is 1.15 bits per heavy atom. The summed E-state index contributed by atoms with van der Waals surface area (Å²) in [5.41, 5.74) is 0.716. The number of carbonyl (C=O) groups is 1. The van der Waals surface area contributed by atoms with Crippen LogP contribution in [0.1, 0.15) is 18.5 Å². The predicted molar refractivity (Wildman–Crippen MR) is 102 cm³/mol. The van der Waals surface area contributed by atoms with Crippen LogP contribution in [0.15, 0.2) is 41.2 Å². The van der Waals surface area contributed by atoms with Crippen molar-refractivity contribution in [2.75, 3.05) is 50.7 Å². The lowest BCUT2D eigenvalue weighted by atomic mass is 9.96. The van der Waals surface area contributed by atoms with Gasteiger partial charge in [-0.15, -0.1) is 0 Å². The van der Waals surface area contributed by atoms with Crippen molar-refractivity contribution in [2.24, 2.45) is 5.92 Å². The molecule has 7 nitrogen and oxygen atoms in total. The minimum Gasteiger partial charge on any atom is -0.364 e. The summed E-state index contributed by atoms with van der Waals surface area (Å²) >= 11 is 0. The van der Waals surface area contributed by atoms with Gasteiger partial charge in [-0.25, -0.2) is 4.98 Å². The van der Waals surface area contributed by atoms with Gasteiger partial charge in [0.25, 0.3) is 0 Å². The second kappa shape index (κ2) is 8.52. The van der Waals surface area contributed by atoms with Crippen LogP contribution in [0.5, 0.6) is 0 Å². The fourth-order valence-corrected chi connectivity index (χ4v) is 4.10. The van der Waals surface area contributed by atoms with Gasteiger partial charge in [0.05, 0.1) is 12.1 Å². The minimum absolute atomic E-state index is 0.161. The number of anilines is 1. The van der Waals surface area contributed by atoms with Gasteiger partial charge in [0, 0.05) is 58.1 Å². The lowest BCUT2D eigenvalue weighted by Gasteiger charge is -2.39. The molecule has 0 spiro atoms. The number of hydrogen-bond acceptors (Lipinski definition) is 6. The largest absolute Gasteiger partial charge is 0.364 e. The maximum Gasteiger partial charge on any atom is 0.228 e. The van der Waals surface area contributed by atoms with E-state index in [9.17, 15) is 4.79 Å².